The zero-order valence-electron chi connectivity index (χ0n) is 32.1. The number of rotatable bonds is 35. The molecule has 50 heavy (non-hydrogen) atoms. The average Bonchev–Trinajstić information content (AvgIpc) is 3.12. The molecule has 284 valence electrons. The van der Waals surface area contributed by atoms with Gasteiger partial charge < -0.3 is 14.6 Å². The molecule has 0 heterocycles. The minimum atomic E-state index is -0.809. The van der Waals surface area contributed by atoms with E-state index in [9.17, 15) is 14.7 Å². The lowest BCUT2D eigenvalue weighted by atomic mass is 10.1. The summed E-state index contributed by atoms with van der Waals surface area (Å²) in [6.45, 7) is 3.91. The Bertz CT molecular complexity index is 968. The predicted octanol–water partition coefficient (Wildman–Crippen LogP) is 12.7. The van der Waals surface area contributed by atoms with Crippen molar-refractivity contribution in [3.8, 4) is 0 Å². The zero-order chi connectivity index (χ0) is 36.4. The molecule has 0 aromatic heterocycles. The van der Waals surface area contributed by atoms with Crippen molar-refractivity contribution >= 4 is 11.9 Å². The summed E-state index contributed by atoms with van der Waals surface area (Å²) in [5.74, 6) is -0.694. The van der Waals surface area contributed by atoms with Gasteiger partial charge in [-0.2, -0.15) is 0 Å². The van der Waals surface area contributed by atoms with Crippen molar-refractivity contribution in [1.29, 1.82) is 0 Å². The number of allylic oxidation sites excluding steroid dienone is 14. The largest absolute Gasteiger partial charge is 0.462 e. The van der Waals surface area contributed by atoms with Gasteiger partial charge in [0.15, 0.2) is 6.10 Å². The van der Waals surface area contributed by atoms with Crippen LogP contribution in [0.5, 0.6) is 0 Å². The molecule has 0 bridgehead atoms. The number of ether oxygens (including phenoxy) is 2. The Morgan fingerprint density at radius 2 is 0.960 bits per heavy atom. The van der Waals surface area contributed by atoms with Gasteiger partial charge in [-0.05, 0) is 57.8 Å². The van der Waals surface area contributed by atoms with Crippen molar-refractivity contribution in [2.24, 2.45) is 0 Å². The van der Waals surface area contributed by atoms with Crippen LogP contribution < -0.4 is 0 Å². The van der Waals surface area contributed by atoms with Crippen LogP contribution in [0.1, 0.15) is 168 Å². The first kappa shape index (κ1) is 47.1. The third kappa shape index (κ3) is 37.9. The highest BCUT2D eigenvalue weighted by Crippen LogP contribution is 2.12. The monoisotopic (exact) mass is 695 g/mol. The van der Waals surface area contributed by atoms with Crippen LogP contribution in [-0.2, 0) is 19.1 Å². The van der Waals surface area contributed by atoms with Gasteiger partial charge in [0.1, 0.15) is 6.61 Å². The van der Waals surface area contributed by atoms with E-state index in [1.54, 1.807) is 0 Å². The van der Waals surface area contributed by atoms with Gasteiger partial charge in [0.2, 0.25) is 0 Å². The number of carbonyl (C=O) groups is 2. The van der Waals surface area contributed by atoms with Crippen molar-refractivity contribution in [3.63, 3.8) is 0 Å². The van der Waals surface area contributed by atoms with Gasteiger partial charge in [0.05, 0.1) is 6.61 Å². The highest BCUT2D eigenvalue weighted by Gasteiger charge is 2.16. The normalized spacial score (nSPS) is 13.1. The zero-order valence-corrected chi connectivity index (χ0v) is 32.1. The molecule has 0 fully saturated rings. The third-order valence-corrected chi connectivity index (χ3v) is 8.30. The Balaban J connectivity index is 3.65. The Kier molecular flexibility index (Phi) is 38.1. The van der Waals surface area contributed by atoms with Crippen molar-refractivity contribution in [2.45, 2.75) is 174 Å². The molecule has 0 saturated heterocycles. The van der Waals surface area contributed by atoms with E-state index in [0.29, 0.717) is 12.8 Å². The molecule has 1 unspecified atom stereocenters. The summed E-state index contributed by atoms with van der Waals surface area (Å²) < 4.78 is 10.5. The number of aliphatic hydroxyl groups excluding tert-OH is 1. The van der Waals surface area contributed by atoms with E-state index in [2.05, 4.69) is 44.2 Å². The Morgan fingerprint density at radius 3 is 1.50 bits per heavy atom. The summed E-state index contributed by atoms with van der Waals surface area (Å²) in [6, 6.07) is 0. The fraction of sp³-hybridized carbons (Fsp3) is 0.644. The summed E-state index contributed by atoms with van der Waals surface area (Å²) in [5, 5.41) is 9.54. The highest BCUT2D eigenvalue weighted by atomic mass is 16.6. The van der Waals surface area contributed by atoms with Gasteiger partial charge in [-0.25, -0.2) is 0 Å². The maximum atomic E-state index is 12.2. The van der Waals surface area contributed by atoms with Crippen LogP contribution in [0.3, 0.4) is 0 Å². The van der Waals surface area contributed by atoms with Crippen molar-refractivity contribution in [3.05, 3.63) is 85.1 Å². The topological polar surface area (TPSA) is 72.8 Å². The molecule has 0 aliphatic rings. The number of hydrogen-bond donors (Lipinski definition) is 1. The minimum Gasteiger partial charge on any atom is -0.462 e. The standard InChI is InChI=1S/C45H74O5/c1-3-5-7-9-11-13-15-17-18-19-20-21-22-23-24-25-26-28-30-32-34-36-38-40-45(48)50-43(41-46)42-49-44(47)39-37-35-33-31-29-27-16-14-12-10-8-6-4-2/h6,8,10,12,14,16,20-21,23-24,27,29,31,33,43,46H,3-5,7,9,11,13,15,17-19,22,25-26,28,30,32,34-42H2,1-2H3/b8-6+,12-10+,16-14+,21-20+,24-23+,29-27+,33-31+. The van der Waals surface area contributed by atoms with Gasteiger partial charge in [-0.3, -0.25) is 9.59 Å². The molecular weight excluding hydrogens is 620 g/mol. The molecule has 0 aliphatic heterocycles. The number of aliphatic hydroxyl groups is 1. The fourth-order valence-electron chi connectivity index (χ4n) is 5.26. The number of hydrogen-bond acceptors (Lipinski definition) is 5. The second kappa shape index (κ2) is 40.5. The van der Waals surface area contributed by atoms with Gasteiger partial charge >= 0.3 is 11.9 Å². The first-order chi connectivity index (χ1) is 24.6. The molecule has 1 N–H and O–H groups in total. The molecule has 0 rings (SSSR count). The molecule has 0 radical (unpaired) electrons. The van der Waals surface area contributed by atoms with Gasteiger partial charge in [-0.1, -0.05) is 182 Å². The van der Waals surface area contributed by atoms with Crippen LogP contribution >= 0.6 is 0 Å². The molecule has 0 saturated carbocycles. The van der Waals surface area contributed by atoms with Crippen LogP contribution in [0.25, 0.3) is 0 Å². The van der Waals surface area contributed by atoms with E-state index >= 15 is 0 Å². The minimum absolute atomic E-state index is 0.111. The molecule has 0 amide bonds. The average molecular weight is 695 g/mol. The molecule has 5 heteroatoms. The highest BCUT2D eigenvalue weighted by molar-refractivity contribution is 5.70. The van der Waals surface area contributed by atoms with Crippen LogP contribution in [0.4, 0.5) is 0 Å². The lowest BCUT2D eigenvalue weighted by Crippen LogP contribution is -2.28. The number of esters is 2. The van der Waals surface area contributed by atoms with E-state index in [4.69, 9.17) is 9.47 Å². The summed E-state index contributed by atoms with van der Waals surface area (Å²) in [7, 11) is 0. The van der Waals surface area contributed by atoms with Crippen LogP contribution in [-0.4, -0.2) is 36.4 Å². The molecule has 0 aliphatic carbocycles. The maximum absolute atomic E-state index is 12.2. The van der Waals surface area contributed by atoms with Gasteiger partial charge in [0.25, 0.3) is 0 Å². The second-order valence-corrected chi connectivity index (χ2v) is 13.1. The van der Waals surface area contributed by atoms with E-state index in [1.807, 2.05) is 54.7 Å². The van der Waals surface area contributed by atoms with Crippen LogP contribution in [0, 0.1) is 0 Å². The fourth-order valence-corrected chi connectivity index (χ4v) is 5.26. The lowest BCUT2D eigenvalue weighted by Gasteiger charge is -2.15. The Morgan fingerprint density at radius 1 is 0.500 bits per heavy atom. The van der Waals surface area contributed by atoms with Crippen LogP contribution in [0.15, 0.2) is 85.1 Å². The Labute approximate surface area is 307 Å². The molecular formula is C45H74O5. The van der Waals surface area contributed by atoms with E-state index in [0.717, 1.165) is 44.9 Å². The number of unbranched alkanes of at least 4 members (excludes halogenated alkanes) is 17. The van der Waals surface area contributed by atoms with E-state index in [1.165, 1.54) is 89.9 Å². The Hall–Kier alpha value is -2.92. The summed E-state index contributed by atoms with van der Waals surface area (Å²) in [5.41, 5.74) is 0. The van der Waals surface area contributed by atoms with Crippen LogP contribution in [0.2, 0.25) is 0 Å². The summed E-state index contributed by atoms with van der Waals surface area (Å²) >= 11 is 0. The smallest absolute Gasteiger partial charge is 0.306 e. The van der Waals surface area contributed by atoms with Gasteiger partial charge in [-0.15, -0.1) is 0 Å². The summed E-state index contributed by atoms with van der Waals surface area (Å²) in [4.78, 5) is 24.2. The quantitative estimate of drug-likeness (QED) is 0.0309. The SMILES string of the molecule is CC/C=C/C=C/C=C/C=C/C=C/CCCC(=O)OCC(CO)OC(=O)CCCCCCCCC/C=C/C/C=C/CCCCCCCCCCC. The summed E-state index contributed by atoms with van der Waals surface area (Å²) in [6.07, 6.45) is 55.2. The van der Waals surface area contributed by atoms with Crippen molar-refractivity contribution in [1.82, 2.24) is 0 Å². The molecule has 0 aromatic carbocycles. The number of carbonyl (C=O) groups excluding carboxylic acids is 2. The molecule has 0 spiro atoms. The first-order valence-electron chi connectivity index (χ1n) is 20.2. The molecule has 1 atom stereocenters. The van der Waals surface area contributed by atoms with Gasteiger partial charge in [0, 0.05) is 12.8 Å². The maximum Gasteiger partial charge on any atom is 0.306 e. The van der Waals surface area contributed by atoms with E-state index in [-0.39, 0.29) is 31.6 Å². The van der Waals surface area contributed by atoms with Crippen molar-refractivity contribution < 1.29 is 24.2 Å². The van der Waals surface area contributed by atoms with E-state index < -0.39 is 6.10 Å². The lowest BCUT2D eigenvalue weighted by molar-refractivity contribution is -0.161. The first-order valence-corrected chi connectivity index (χ1v) is 20.2. The second-order valence-electron chi connectivity index (χ2n) is 13.1. The predicted molar refractivity (Wildman–Crippen MR) is 214 cm³/mol. The molecule has 5 nitrogen and oxygen atoms in total. The van der Waals surface area contributed by atoms with Crippen molar-refractivity contribution in [2.75, 3.05) is 13.2 Å². The third-order valence-electron chi connectivity index (χ3n) is 8.30. The molecule has 0 aromatic rings.